The van der Waals surface area contributed by atoms with Crippen molar-refractivity contribution in [2.45, 2.75) is 44.9 Å². The van der Waals surface area contributed by atoms with E-state index in [2.05, 4.69) is 33.3 Å². The molecule has 3 rings (SSSR count). The molecule has 1 fully saturated rings. The third-order valence-electron chi connectivity index (χ3n) is 4.29. The molecule has 1 aromatic carbocycles. The zero-order valence-corrected chi connectivity index (χ0v) is 12.5. The predicted octanol–water partition coefficient (Wildman–Crippen LogP) is 2.81. The molecule has 2 heterocycles. The van der Waals surface area contributed by atoms with Crippen LogP contribution in [0.1, 0.15) is 31.9 Å². The maximum atomic E-state index is 9.94. The zero-order chi connectivity index (χ0) is 14.7. The molecule has 2 N–H and O–H groups in total. The number of H-pyrrole nitrogens is 1. The fraction of sp³-hybridized carbons (Fsp3) is 0.471. The summed E-state index contributed by atoms with van der Waals surface area (Å²) in [6.07, 6.45) is 3.23. The standard InChI is InChI=1S/C17H23N3O/c1-13(21)17-9-5-6-10-20(17)12-15-11-16(19-18-15)14-7-3-2-4-8-14/h2-4,7-8,11,13,17,21H,5-6,9-10,12H2,1H3,(H,18,19). The van der Waals surface area contributed by atoms with Crippen molar-refractivity contribution in [3.8, 4) is 11.3 Å². The third kappa shape index (κ3) is 3.34. The molecule has 0 radical (unpaired) electrons. The molecule has 0 bridgehead atoms. The van der Waals surface area contributed by atoms with Gasteiger partial charge in [0.15, 0.2) is 0 Å². The van der Waals surface area contributed by atoms with E-state index >= 15 is 0 Å². The Morgan fingerprint density at radius 2 is 2.14 bits per heavy atom. The molecule has 0 spiro atoms. The van der Waals surface area contributed by atoms with E-state index < -0.39 is 0 Å². The van der Waals surface area contributed by atoms with Gasteiger partial charge in [0, 0.05) is 23.8 Å². The van der Waals surface area contributed by atoms with Crippen molar-refractivity contribution in [3.05, 3.63) is 42.1 Å². The normalized spacial score (nSPS) is 21.3. The highest BCUT2D eigenvalue weighted by atomic mass is 16.3. The average molecular weight is 285 g/mol. The van der Waals surface area contributed by atoms with Crippen LogP contribution in [0, 0.1) is 0 Å². The van der Waals surface area contributed by atoms with Crippen molar-refractivity contribution >= 4 is 0 Å². The summed E-state index contributed by atoms with van der Waals surface area (Å²) in [6.45, 7) is 3.77. The second-order valence-electron chi connectivity index (χ2n) is 5.92. The molecule has 1 aliphatic rings. The predicted molar refractivity (Wildman–Crippen MR) is 83.8 cm³/mol. The van der Waals surface area contributed by atoms with Crippen molar-refractivity contribution in [1.29, 1.82) is 0 Å². The van der Waals surface area contributed by atoms with Gasteiger partial charge in [-0.25, -0.2) is 0 Å². The Kier molecular flexibility index (Phi) is 4.36. The molecule has 2 aromatic rings. The Morgan fingerprint density at radius 3 is 2.90 bits per heavy atom. The van der Waals surface area contributed by atoms with E-state index in [1.807, 2.05) is 25.1 Å². The quantitative estimate of drug-likeness (QED) is 0.908. The number of aliphatic hydroxyl groups excluding tert-OH is 1. The number of nitrogens with one attached hydrogen (secondary N) is 1. The van der Waals surface area contributed by atoms with Crippen LogP contribution in [0.15, 0.2) is 36.4 Å². The van der Waals surface area contributed by atoms with Crippen LogP contribution in [0.2, 0.25) is 0 Å². The van der Waals surface area contributed by atoms with Gasteiger partial charge in [0.25, 0.3) is 0 Å². The van der Waals surface area contributed by atoms with Gasteiger partial charge in [-0.2, -0.15) is 5.10 Å². The Bertz CT molecular complexity index is 564. The summed E-state index contributed by atoms with van der Waals surface area (Å²) in [5.41, 5.74) is 3.23. The molecule has 0 aliphatic carbocycles. The van der Waals surface area contributed by atoms with Gasteiger partial charge in [-0.3, -0.25) is 10.00 Å². The van der Waals surface area contributed by atoms with Gasteiger partial charge in [0.1, 0.15) is 0 Å². The van der Waals surface area contributed by atoms with Crippen LogP contribution in [0.4, 0.5) is 0 Å². The van der Waals surface area contributed by atoms with Crippen LogP contribution in [0.5, 0.6) is 0 Å². The molecule has 2 unspecified atom stereocenters. The summed E-state index contributed by atoms with van der Waals surface area (Å²) >= 11 is 0. The maximum Gasteiger partial charge on any atom is 0.0924 e. The first-order valence-electron chi connectivity index (χ1n) is 7.76. The van der Waals surface area contributed by atoms with E-state index in [0.717, 1.165) is 36.5 Å². The Morgan fingerprint density at radius 1 is 1.33 bits per heavy atom. The number of benzene rings is 1. The van der Waals surface area contributed by atoms with Crippen LogP contribution >= 0.6 is 0 Å². The van der Waals surface area contributed by atoms with Crippen molar-refractivity contribution in [2.24, 2.45) is 0 Å². The number of aromatic amines is 1. The van der Waals surface area contributed by atoms with Crippen LogP contribution < -0.4 is 0 Å². The van der Waals surface area contributed by atoms with Gasteiger partial charge in [-0.15, -0.1) is 0 Å². The van der Waals surface area contributed by atoms with Crippen molar-refractivity contribution < 1.29 is 5.11 Å². The van der Waals surface area contributed by atoms with Crippen molar-refractivity contribution in [3.63, 3.8) is 0 Å². The summed E-state index contributed by atoms with van der Waals surface area (Å²) in [7, 11) is 0. The zero-order valence-electron chi connectivity index (χ0n) is 12.5. The molecule has 4 heteroatoms. The number of likely N-dealkylation sites (tertiary alicyclic amines) is 1. The largest absolute Gasteiger partial charge is 0.392 e. The first-order valence-corrected chi connectivity index (χ1v) is 7.76. The van der Waals surface area contributed by atoms with Crippen LogP contribution in [-0.4, -0.2) is 38.9 Å². The second kappa shape index (κ2) is 6.41. The van der Waals surface area contributed by atoms with Gasteiger partial charge in [0.05, 0.1) is 11.8 Å². The van der Waals surface area contributed by atoms with Gasteiger partial charge in [-0.05, 0) is 32.4 Å². The van der Waals surface area contributed by atoms with Crippen molar-refractivity contribution in [1.82, 2.24) is 15.1 Å². The van der Waals surface area contributed by atoms with E-state index in [0.29, 0.717) is 0 Å². The van der Waals surface area contributed by atoms with Crippen LogP contribution in [0.25, 0.3) is 11.3 Å². The summed E-state index contributed by atoms with van der Waals surface area (Å²) in [4.78, 5) is 2.37. The number of hydrogen-bond donors (Lipinski definition) is 2. The lowest BCUT2D eigenvalue weighted by molar-refractivity contribution is 0.0310. The summed E-state index contributed by atoms with van der Waals surface area (Å²) < 4.78 is 0. The lowest BCUT2D eigenvalue weighted by Crippen LogP contribution is -2.45. The molecule has 1 saturated heterocycles. The molecular formula is C17H23N3O. The van der Waals surface area contributed by atoms with Gasteiger partial charge >= 0.3 is 0 Å². The van der Waals surface area contributed by atoms with E-state index in [1.165, 1.54) is 12.8 Å². The number of rotatable bonds is 4. The molecular weight excluding hydrogens is 262 g/mol. The molecule has 21 heavy (non-hydrogen) atoms. The maximum absolute atomic E-state index is 9.94. The minimum Gasteiger partial charge on any atom is -0.392 e. The number of aromatic nitrogens is 2. The minimum atomic E-state index is -0.276. The minimum absolute atomic E-state index is 0.266. The number of hydrogen-bond acceptors (Lipinski definition) is 3. The van der Waals surface area contributed by atoms with E-state index in [9.17, 15) is 5.11 Å². The Balaban J connectivity index is 1.72. The molecule has 1 aliphatic heterocycles. The number of aliphatic hydroxyl groups is 1. The molecule has 112 valence electrons. The molecule has 4 nitrogen and oxygen atoms in total. The molecule has 0 saturated carbocycles. The number of nitrogens with zero attached hydrogens (tertiary/aromatic N) is 2. The average Bonchev–Trinajstić information content (AvgIpc) is 2.97. The van der Waals surface area contributed by atoms with Gasteiger partial charge in [-0.1, -0.05) is 36.8 Å². The monoisotopic (exact) mass is 285 g/mol. The Labute approximate surface area is 125 Å². The van der Waals surface area contributed by atoms with Crippen molar-refractivity contribution in [2.75, 3.05) is 6.54 Å². The summed E-state index contributed by atoms with van der Waals surface area (Å²) in [6, 6.07) is 12.6. The highest BCUT2D eigenvalue weighted by Crippen LogP contribution is 2.23. The van der Waals surface area contributed by atoms with Crippen LogP contribution in [0.3, 0.4) is 0 Å². The first-order chi connectivity index (χ1) is 10.2. The SMILES string of the molecule is CC(O)C1CCCCN1Cc1cc(-c2ccccc2)n[nH]1. The van der Waals surface area contributed by atoms with E-state index in [4.69, 9.17) is 0 Å². The van der Waals surface area contributed by atoms with Gasteiger partial charge < -0.3 is 5.11 Å². The summed E-state index contributed by atoms with van der Waals surface area (Å²) in [5.74, 6) is 0. The lowest BCUT2D eigenvalue weighted by Gasteiger charge is -2.37. The smallest absolute Gasteiger partial charge is 0.0924 e. The van der Waals surface area contributed by atoms with E-state index in [1.54, 1.807) is 0 Å². The Hall–Kier alpha value is -1.65. The number of piperidine rings is 1. The molecule has 0 amide bonds. The van der Waals surface area contributed by atoms with Gasteiger partial charge in [0.2, 0.25) is 0 Å². The molecule has 1 aromatic heterocycles. The first kappa shape index (κ1) is 14.3. The second-order valence-corrected chi connectivity index (χ2v) is 5.92. The van der Waals surface area contributed by atoms with Crippen LogP contribution in [-0.2, 0) is 6.54 Å². The molecule has 2 atom stereocenters. The highest BCUT2D eigenvalue weighted by Gasteiger charge is 2.26. The van der Waals surface area contributed by atoms with E-state index in [-0.39, 0.29) is 12.1 Å². The summed E-state index contributed by atoms with van der Waals surface area (Å²) in [5, 5.41) is 17.5. The fourth-order valence-electron chi connectivity index (χ4n) is 3.18. The fourth-order valence-corrected chi connectivity index (χ4v) is 3.18. The highest BCUT2D eigenvalue weighted by molar-refractivity contribution is 5.58. The lowest BCUT2D eigenvalue weighted by atomic mass is 9.98. The third-order valence-corrected chi connectivity index (χ3v) is 4.29. The topological polar surface area (TPSA) is 52.1 Å².